The zero-order valence-corrected chi connectivity index (χ0v) is 14.3. The highest BCUT2D eigenvalue weighted by Crippen LogP contribution is 2.54. The minimum atomic E-state index is -0.596. The molecule has 1 aliphatic rings. The van der Waals surface area contributed by atoms with Gasteiger partial charge in [-0.05, 0) is 48.6 Å². The molecule has 0 saturated carbocycles. The van der Waals surface area contributed by atoms with Crippen molar-refractivity contribution in [3.05, 3.63) is 72.3 Å². The van der Waals surface area contributed by atoms with E-state index in [-0.39, 0.29) is 0 Å². The summed E-state index contributed by atoms with van der Waals surface area (Å²) in [6.45, 7) is 7.91. The monoisotopic (exact) mass is 392 g/mol. The summed E-state index contributed by atoms with van der Waals surface area (Å²) in [5.74, 6) is 1.68. The highest BCUT2D eigenvalue weighted by molar-refractivity contribution is 14.1. The first kappa shape index (κ1) is 14.6. The summed E-state index contributed by atoms with van der Waals surface area (Å²) in [6.07, 6.45) is 1.83. The van der Waals surface area contributed by atoms with Crippen LogP contribution in [0.3, 0.4) is 0 Å². The quantitative estimate of drug-likeness (QED) is 0.395. The number of fused-ring (bicyclic) bond motifs is 2. The van der Waals surface area contributed by atoms with Gasteiger partial charge in [0.15, 0.2) is 3.61 Å². The maximum absolute atomic E-state index is 6.46. The zero-order chi connectivity index (χ0) is 15.1. The Morgan fingerprint density at radius 1 is 1.05 bits per heavy atom. The zero-order valence-electron chi connectivity index (χ0n) is 12.1. The van der Waals surface area contributed by atoms with Crippen LogP contribution in [-0.4, -0.2) is 5.60 Å². The fraction of sp³-hybridized carbons (Fsp3) is 0.222. The average molecular weight is 392 g/mol. The van der Waals surface area contributed by atoms with Crippen LogP contribution in [0.2, 0.25) is 0 Å². The Morgan fingerprint density at radius 2 is 1.52 bits per heavy atom. The molecule has 0 N–H and O–H groups in total. The van der Waals surface area contributed by atoms with Crippen molar-refractivity contribution in [2.24, 2.45) is 0 Å². The lowest BCUT2D eigenvalue weighted by molar-refractivity contribution is -0.0376. The van der Waals surface area contributed by atoms with Gasteiger partial charge in [-0.1, -0.05) is 42.5 Å². The van der Waals surface area contributed by atoms with Crippen molar-refractivity contribution in [2.45, 2.75) is 23.1 Å². The molecule has 1 heterocycles. The first-order chi connectivity index (χ1) is 9.96. The Labute approximate surface area is 138 Å². The van der Waals surface area contributed by atoms with E-state index in [1.807, 2.05) is 56.3 Å². The van der Waals surface area contributed by atoms with E-state index in [2.05, 4.69) is 41.3 Å². The SMILES string of the molecule is C=CC(C)(C)OC1(I)c2ccccc2Oc2ccccc21. The minimum Gasteiger partial charge on any atom is -0.456 e. The second-order valence-corrected chi connectivity index (χ2v) is 7.12. The largest absolute Gasteiger partial charge is 0.456 e. The van der Waals surface area contributed by atoms with Crippen molar-refractivity contribution in [3.63, 3.8) is 0 Å². The molecular weight excluding hydrogens is 375 g/mol. The topological polar surface area (TPSA) is 18.5 Å². The molecule has 0 unspecified atom stereocenters. The third-order valence-corrected chi connectivity index (χ3v) is 4.96. The van der Waals surface area contributed by atoms with Crippen molar-refractivity contribution in [3.8, 4) is 11.5 Å². The Morgan fingerprint density at radius 3 is 2.00 bits per heavy atom. The number of para-hydroxylation sites is 2. The van der Waals surface area contributed by atoms with Gasteiger partial charge in [0, 0.05) is 11.1 Å². The van der Waals surface area contributed by atoms with Gasteiger partial charge in [0.1, 0.15) is 11.5 Å². The molecule has 0 atom stereocenters. The molecule has 2 aromatic rings. The number of benzene rings is 2. The minimum absolute atomic E-state index is 0.446. The summed E-state index contributed by atoms with van der Waals surface area (Å²) in [7, 11) is 0. The number of halogens is 1. The molecule has 2 aromatic carbocycles. The number of rotatable bonds is 3. The second kappa shape index (κ2) is 5.14. The summed E-state index contributed by atoms with van der Waals surface area (Å²) in [4.78, 5) is 0. The summed E-state index contributed by atoms with van der Waals surface area (Å²) in [5.41, 5.74) is 1.61. The molecule has 0 amide bonds. The van der Waals surface area contributed by atoms with Gasteiger partial charge in [0.25, 0.3) is 0 Å². The Bertz CT molecular complexity index is 646. The normalized spacial score (nSPS) is 15.6. The molecule has 108 valence electrons. The van der Waals surface area contributed by atoms with Crippen LogP contribution in [-0.2, 0) is 8.34 Å². The van der Waals surface area contributed by atoms with Crippen LogP contribution in [0.5, 0.6) is 11.5 Å². The van der Waals surface area contributed by atoms with Crippen LogP contribution in [0, 0.1) is 0 Å². The van der Waals surface area contributed by atoms with E-state index in [4.69, 9.17) is 9.47 Å². The second-order valence-electron chi connectivity index (χ2n) is 5.60. The van der Waals surface area contributed by atoms with Crippen LogP contribution < -0.4 is 4.74 Å². The molecule has 0 fully saturated rings. The Kier molecular flexibility index (Phi) is 3.58. The van der Waals surface area contributed by atoms with E-state index < -0.39 is 9.21 Å². The average Bonchev–Trinajstić information content (AvgIpc) is 2.47. The lowest BCUT2D eigenvalue weighted by Crippen LogP contribution is -2.36. The van der Waals surface area contributed by atoms with Gasteiger partial charge in [-0.25, -0.2) is 0 Å². The van der Waals surface area contributed by atoms with E-state index in [9.17, 15) is 0 Å². The molecule has 0 bridgehead atoms. The maximum Gasteiger partial charge on any atom is 0.177 e. The van der Waals surface area contributed by atoms with Crippen molar-refractivity contribution >= 4 is 22.6 Å². The van der Waals surface area contributed by atoms with Crippen molar-refractivity contribution < 1.29 is 9.47 Å². The highest BCUT2D eigenvalue weighted by atomic mass is 127. The molecule has 3 rings (SSSR count). The summed E-state index contributed by atoms with van der Waals surface area (Å²) in [6, 6.07) is 16.0. The van der Waals surface area contributed by atoms with Gasteiger partial charge in [0.05, 0.1) is 5.60 Å². The van der Waals surface area contributed by atoms with Gasteiger partial charge >= 0.3 is 0 Å². The number of hydrogen-bond donors (Lipinski definition) is 0. The van der Waals surface area contributed by atoms with E-state index in [0.29, 0.717) is 0 Å². The predicted octanol–water partition coefficient (Wildman–Crippen LogP) is 5.41. The molecule has 0 spiro atoms. The van der Waals surface area contributed by atoms with Crippen LogP contribution in [0.15, 0.2) is 61.2 Å². The predicted molar refractivity (Wildman–Crippen MR) is 93.1 cm³/mol. The van der Waals surface area contributed by atoms with E-state index in [1.165, 1.54) is 0 Å². The summed E-state index contributed by atoms with van der Waals surface area (Å²) < 4.78 is 11.9. The first-order valence-corrected chi connectivity index (χ1v) is 7.94. The van der Waals surface area contributed by atoms with E-state index >= 15 is 0 Å². The molecule has 0 radical (unpaired) electrons. The molecule has 1 aliphatic heterocycles. The molecule has 0 aliphatic carbocycles. The highest BCUT2D eigenvalue weighted by Gasteiger charge is 2.43. The van der Waals surface area contributed by atoms with E-state index in [0.717, 1.165) is 22.6 Å². The van der Waals surface area contributed by atoms with Gasteiger partial charge in [-0.3, -0.25) is 0 Å². The molecule has 0 aromatic heterocycles. The summed E-state index contributed by atoms with van der Waals surface area (Å²) in [5, 5.41) is 0. The van der Waals surface area contributed by atoms with Crippen molar-refractivity contribution in [1.29, 1.82) is 0 Å². The first-order valence-electron chi connectivity index (χ1n) is 6.86. The fourth-order valence-corrected chi connectivity index (χ4v) is 3.88. The number of alkyl halides is 1. The van der Waals surface area contributed by atoms with Gasteiger partial charge in [-0.2, -0.15) is 0 Å². The molecule has 3 heteroatoms. The maximum atomic E-state index is 6.46. The lowest BCUT2D eigenvalue weighted by atomic mass is 9.96. The molecule has 0 saturated heterocycles. The Hall–Kier alpha value is -1.33. The van der Waals surface area contributed by atoms with Crippen LogP contribution in [0.25, 0.3) is 0 Å². The lowest BCUT2D eigenvalue weighted by Gasteiger charge is -2.40. The van der Waals surface area contributed by atoms with Crippen LogP contribution in [0.1, 0.15) is 25.0 Å². The van der Waals surface area contributed by atoms with Gasteiger partial charge < -0.3 is 9.47 Å². The smallest absolute Gasteiger partial charge is 0.177 e. The van der Waals surface area contributed by atoms with Crippen molar-refractivity contribution in [2.75, 3.05) is 0 Å². The standard InChI is InChI=1S/C18H17IO2/c1-4-17(2,3)21-18(19)13-9-5-7-11-15(13)20-16-12-8-6-10-14(16)18/h4-12H,1H2,2-3H3. The third kappa shape index (κ3) is 2.49. The summed E-state index contributed by atoms with van der Waals surface area (Å²) >= 11 is 2.37. The van der Waals surface area contributed by atoms with Crippen LogP contribution in [0.4, 0.5) is 0 Å². The molecule has 2 nitrogen and oxygen atoms in total. The molecular formula is C18H17IO2. The van der Waals surface area contributed by atoms with Gasteiger partial charge in [0.2, 0.25) is 0 Å². The van der Waals surface area contributed by atoms with Gasteiger partial charge in [-0.15, -0.1) is 6.58 Å². The Balaban J connectivity index is 2.21. The number of ether oxygens (including phenoxy) is 2. The molecule has 21 heavy (non-hydrogen) atoms. The fourth-order valence-electron chi connectivity index (χ4n) is 2.42. The number of hydrogen-bond acceptors (Lipinski definition) is 2. The van der Waals surface area contributed by atoms with Crippen molar-refractivity contribution in [1.82, 2.24) is 0 Å². The van der Waals surface area contributed by atoms with E-state index in [1.54, 1.807) is 0 Å². The van der Waals surface area contributed by atoms with Crippen LogP contribution >= 0.6 is 22.6 Å². The third-order valence-electron chi connectivity index (χ3n) is 3.58.